The molecule has 3 N–H and O–H groups in total. The Hall–Kier alpha value is -0.810. The third-order valence-corrected chi connectivity index (χ3v) is 4.55. The highest BCUT2D eigenvalue weighted by Crippen LogP contribution is 2.42. The molecule has 0 radical (unpaired) electrons. The van der Waals surface area contributed by atoms with E-state index in [2.05, 4.69) is 23.8 Å². The van der Waals surface area contributed by atoms with E-state index < -0.39 is 0 Å². The number of nitrogens with one attached hydrogen (secondary N) is 1. The number of hydrogen-bond acceptors (Lipinski definition) is 4. The zero-order valence-corrected chi connectivity index (χ0v) is 10.4. The highest BCUT2D eigenvalue weighted by Gasteiger charge is 2.40. The number of aromatic amines is 1. The number of nitrogens with two attached hydrogens (primary N) is 1. The van der Waals surface area contributed by atoms with Crippen molar-refractivity contribution < 1.29 is 0 Å². The van der Waals surface area contributed by atoms with Crippen molar-refractivity contribution in [1.29, 1.82) is 0 Å². The summed E-state index contributed by atoms with van der Waals surface area (Å²) >= 11 is 1.58. The number of H-pyrrole nitrogens is 1. The molecule has 1 aliphatic rings. The molecule has 0 aliphatic heterocycles. The molecular formula is C11H17N3OS. The smallest absolute Gasteiger partial charge is 0.251 e. The van der Waals surface area contributed by atoms with Crippen LogP contribution in [0.3, 0.4) is 0 Å². The Morgan fingerprint density at radius 1 is 1.62 bits per heavy atom. The fourth-order valence-electron chi connectivity index (χ4n) is 2.05. The first-order valence-electron chi connectivity index (χ1n) is 5.46. The fraction of sp³-hybridized carbons (Fsp3) is 0.636. The van der Waals surface area contributed by atoms with E-state index in [9.17, 15) is 4.79 Å². The van der Waals surface area contributed by atoms with E-state index in [1.807, 2.05) is 0 Å². The molecule has 0 aromatic carbocycles. The maximum absolute atomic E-state index is 11.1. The van der Waals surface area contributed by atoms with Gasteiger partial charge in [0.2, 0.25) is 0 Å². The van der Waals surface area contributed by atoms with Crippen LogP contribution in [-0.2, 0) is 0 Å². The molecule has 2 atom stereocenters. The molecule has 1 saturated carbocycles. The number of hydrogen-bond donors (Lipinski definition) is 2. The summed E-state index contributed by atoms with van der Waals surface area (Å²) in [4.78, 5) is 18.0. The van der Waals surface area contributed by atoms with Gasteiger partial charge in [-0.1, -0.05) is 25.6 Å². The topological polar surface area (TPSA) is 71.8 Å². The second-order valence-corrected chi connectivity index (χ2v) is 6.18. The predicted molar refractivity (Wildman–Crippen MR) is 65.5 cm³/mol. The summed E-state index contributed by atoms with van der Waals surface area (Å²) < 4.78 is 0. The van der Waals surface area contributed by atoms with E-state index in [1.165, 1.54) is 12.3 Å². The zero-order chi connectivity index (χ0) is 11.8. The molecule has 0 amide bonds. The molecule has 1 aromatic rings. The first kappa shape index (κ1) is 11.7. The van der Waals surface area contributed by atoms with Crippen molar-refractivity contribution in [3.63, 3.8) is 0 Å². The molecule has 88 valence electrons. The van der Waals surface area contributed by atoms with Gasteiger partial charge in [0.1, 0.15) is 0 Å². The quantitative estimate of drug-likeness (QED) is 0.765. The molecule has 1 heterocycles. The van der Waals surface area contributed by atoms with E-state index in [0.717, 1.165) is 12.8 Å². The van der Waals surface area contributed by atoms with Gasteiger partial charge >= 0.3 is 0 Å². The predicted octanol–water partition coefficient (Wildman–Crippen LogP) is 1.38. The lowest BCUT2D eigenvalue weighted by molar-refractivity contribution is 0.334. The van der Waals surface area contributed by atoms with E-state index in [-0.39, 0.29) is 17.0 Å². The van der Waals surface area contributed by atoms with Gasteiger partial charge in [0, 0.05) is 23.6 Å². The minimum Gasteiger partial charge on any atom is -0.326 e. The van der Waals surface area contributed by atoms with Crippen molar-refractivity contribution in [2.75, 3.05) is 0 Å². The summed E-state index contributed by atoms with van der Waals surface area (Å²) in [6.07, 6.45) is 3.74. The molecule has 2 rings (SSSR count). The molecule has 4 nitrogen and oxygen atoms in total. The minimum absolute atomic E-state index is 0.108. The summed E-state index contributed by atoms with van der Waals surface area (Å²) in [6.45, 7) is 4.39. The van der Waals surface area contributed by atoms with Crippen LogP contribution >= 0.6 is 11.8 Å². The first-order valence-corrected chi connectivity index (χ1v) is 6.34. The summed E-state index contributed by atoms with van der Waals surface area (Å²) in [6, 6.07) is 1.57. The van der Waals surface area contributed by atoms with Crippen molar-refractivity contribution >= 4 is 11.8 Å². The Kier molecular flexibility index (Phi) is 3.08. The maximum atomic E-state index is 11.1. The molecular weight excluding hydrogens is 222 g/mol. The molecule has 1 aliphatic carbocycles. The molecule has 0 saturated heterocycles. The summed E-state index contributed by atoms with van der Waals surface area (Å²) in [7, 11) is 0. The lowest BCUT2D eigenvalue weighted by Gasteiger charge is -2.26. The van der Waals surface area contributed by atoms with Crippen molar-refractivity contribution in [1.82, 2.24) is 9.97 Å². The monoisotopic (exact) mass is 239 g/mol. The molecule has 1 aromatic heterocycles. The SMILES string of the molecule is CC1(C)CCC(Sc2nccc(=O)[nH]2)C1N. The van der Waals surface area contributed by atoms with Crippen LogP contribution in [0.25, 0.3) is 0 Å². The van der Waals surface area contributed by atoms with Crippen molar-refractivity contribution in [2.45, 2.75) is 43.1 Å². The third-order valence-electron chi connectivity index (χ3n) is 3.29. The Balaban J connectivity index is 2.09. The van der Waals surface area contributed by atoms with Gasteiger partial charge in [0.05, 0.1) is 0 Å². The van der Waals surface area contributed by atoms with Gasteiger partial charge < -0.3 is 10.7 Å². The van der Waals surface area contributed by atoms with Crippen molar-refractivity contribution in [2.24, 2.45) is 11.1 Å². The van der Waals surface area contributed by atoms with Gasteiger partial charge in [-0.25, -0.2) is 4.98 Å². The second kappa shape index (κ2) is 4.22. The highest BCUT2D eigenvalue weighted by molar-refractivity contribution is 7.99. The van der Waals surface area contributed by atoms with Gasteiger partial charge in [-0.2, -0.15) is 0 Å². The average molecular weight is 239 g/mol. The van der Waals surface area contributed by atoms with E-state index in [0.29, 0.717) is 10.4 Å². The second-order valence-electron chi connectivity index (χ2n) is 4.95. The molecule has 16 heavy (non-hydrogen) atoms. The van der Waals surface area contributed by atoms with Crippen LogP contribution in [0.4, 0.5) is 0 Å². The molecule has 2 unspecified atom stereocenters. The Bertz CT molecular complexity index is 429. The van der Waals surface area contributed by atoms with Gasteiger partial charge in [0.25, 0.3) is 5.56 Å². The molecule has 0 bridgehead atoms. The molecule has 5 heteroatoms. The number of thioether (sulfide) groups is 1. The lowest BCUT2D eigenvalue weighted by Crippen LogP contribution is -2.38. The number of nitrogens with zero attached hydrogens (tertiary/aromatic N) is 1. The van der Waals surface area contributed by atoms with Crippen molar-refractivity contribution in [3.05, 3.63) is 22.6 Å². The van der Waals surface area contributed by atoms with Crippen LogP contribution < -0.4 is 11.3 Å². The molecule has 0 spiro atoms. The van der Waals surface area contributed by atoms with E-state index >= 15 is 0 Å². The summed E-state index contributed by atoms with van der Waals surface area (Å²) in [5.74, 6) is 0. The van der Waals surface area contributed by atoms with E-state index in [1.54, 1.807) is 11.8 Å². The Labute approximate surface area is 99.0 Å². The van der Waals surface area contributed by atoms with Gasteiger partial charge in [0.15, 0.2) is 5.16 Å². The van der Waals surface area contributed by atoms with Gasteiger partial charge in [-0.3, -0.25) is 4.79 Å². The van der Waals surface area contributed by atoms with Crippen molar-refractivity contribution in [3.8, 4) is 0 Å². The van der Waals surface area contributed by atoms with Gasteiger partial charge in [-0.15, -0.1) is 0 Å². The van der Waals surface area contributed by atoms with Crippen LogP contribution in [0.2, 0.25) is 0 Å². The number of rotatable bonds is 2. The minimum atomic E-state index is -0.108. The van der Waals surface area contributed by atoms with Gasteiger partial charge in [-0.05, 0) is 18.3 Å². The lowest BCUT2D eigenvalue weighted by atomic mass is 9.88. The Morgan fingerprint density at radius 2 is 2.38 bits per heavy atom. The average Bonchev–Trinajstić information content (AvgIpc) is 2.45. The largest absolute Gasteiger partial charge is 0.326 e. The maximum Gasteiger partial charge on any atom is 0.251 e. The number of aromatic nitrogens is 2. The summed E-state index contributed by atoms with van der Waals surface area (Å²) in [5, 5.41) is 1.02. The summed E-state index contributed by atoms with van der Waals surface area (Å²) in [5.41, 5.74) is 6.28. The van der Waals surface area contributed by atoms with Crippen LogP contribution in [0.15, 0.2) is 22.2 Å². The highest BCUT2D eigenvalue weighted by atomic mass is 32.2. The zero-order valence-electron chi connectivity index (χ0n) is 9.56. The fourth-order valence-corrected chi connectivity index (χ4v) is 3.37. The van der Waals surface area contributed by atoms with Crippen LogP contribution in [0.5, 0.6) is 0 Å². The first-order chi connectivity index (χ1) is 7.49. The van der Waals surface area contributed by atoms with Crippen LogP contribution in [-0.4, -0.2) is 21.3 Å². The normalized spacial score (nSPS) is 28.2. The molecule has 1 fully saturated rings. The van der Waals surface area contributed by atoms with E-state index in [4.69, 9.17) is 5.73 Å². The van der Waals surface area contributed by atoms with Crippen LogP contribution in [0, 0.1) is 5.41 Å². The van der Waals surface area contributed by atoms with Crippen LogP contribution in [0.1, 0.15) is 26.7 Å². The third kappa shape index (κ3) is 2.30. The standard InChI is InChI=1S/C11H17N3OS/c1-11(2)5-3-7(9(11)12)16-10-13-6-4-8(15)14-10/h4,6-7,9H,3,5,12H2,1-2H3,(H,13,14,15). The Morgan fingerprint density at radius 3 is 2.94 bits per heavy atom.